The van der Waals surface area contributed by atoms with Gasteiger partial charge in [-0.15, -0.1) is 0 Å². The molecule has 1 saturated heterocycles. The number of aliphatic carboxylic acids is 1. The molecule has 1 aromatic carbocycles. The van der Waals surface area contributed by atoms with Gasteiger partial charge in [-0.1, -0.05) is 25.1 Å². The van der Waals surface area contributed by atoms with Crippen molar-refractivity contribution in [1.29, 1.82) is 0 Å². The molecule has 0 radical (unpaired) electrons. The Hall–Kier alpha value is -1.91. The lowest BCUT2D eigenvalue weighted by Gasteiger charge is -2.23. The third kappa shape index (κ3) is 2.75. The van der Waals surface area contributed by atoms with E-state index in [2.05, 4.69) is 0 Å². The second-order valence-corrected chi connectivity index (χ2v) is 4.90. The number of benzene rings is 1. The lowest BCUT2D eigenvalue weighted by atomic mass is 10.0. The molecule has 2 atom stereocenters. The fourth-order valence-electron chi connectivity index (χ4n) is 2.51. The molecule has 2 rings (SSSR count). The van der Waals surface area contributed by atoms with Gasteiger partial charge in [0.15, 0.2) is 0 Å². The third-order valence-electron chi connectivity index (χ3n) is 3.57. The van der Waals surface area contributed by atoms with Crippen molar-refractivity contribution >= 4 is 11.9 Å². The lowest BCUT2D eigenvalue weighted by molar-refractivity contribution is -0.149. The molecule has 4 nitrogen and oxygen atoms in total. The average molecular weight is 265 g/mol. The van der Waals surface area contributed by atoms with Crippen molar-refractivity contribution in [2.45, 2.75) is 25.8 Å². The van der Waals surface area contributed by atoms with Gasteiger partial charge in [0.25, 0.3) is 0 Å². The first-order valence-corrected chi connectivity index (χ1v) is 6.26. The van der Waals surface area contributed by atoms with Gasteiger partial charge in [0, 0.05) is 6.54 Å². The minimum atomic E-state index is -0.994. The first-order valence-electron chi connectivity index (χ1n) is 6.26. The molecule has 1 amide bonds. The molecule has 0 saturated carbocycles. The van der Waals surface area contributed by atoms with Gasteiger partial charge in [-0.25, -0.2) is 9.18 Å². The highest BCUT2D eigenvalue weighted by Gasteiger charge is 2.39. The summed E-state index contributed by atoms with van der Waals surface area (Å²) in [5, 5.41) is 9.16. The number of halogens is 1. The zero-order valence-electron chi connectivity index (χ0n) is 10.7. The molecule has 0 spiro atoms. The summed E-state index contributed by atoms with van der Waals surface area (Å²) in [5.74, 6) is -1.83. The Balaban J connectivity index is 2.12. The van der Waals surface area contributed by atoms with Crippen LogP contribution in [-0.2, 0) is 16.0 Å². The van der Waals surface area contributed by atoms with E-state index >= 15 is 0 Å². The zero-order chi connectivity index (χ0) is 14.0. The molecule has 1 heterocycles. The van der Waals surface area contributed by atoms with Crippen LogP contribution in [0.15, 0.2) is 24.3 Å². The molecular weight excluding hydrogens is 249 g/mol. The second kappa shape index (κ2) is 5.38. The van der Waals surface area contributed by atoms with E-state index in [1.807, 2.05) is 6.92 Å². The van der Waals surface area contributed by atoms with E-state index in [-0.39, 0.29) is 18.2 Å². The Kier molecular flexibility index (Phi) is 3.83. The number of nitrogens with zero attached hydrogens (tertiary/aromatic N) is 1. The highest BCUT2D eigenvalue weighted by atomic mass is 19.1. The third-order valence-corrected chi connectivity index (χ3v) is 3.57. The van der Waals surface area contributed by atoms with Gasteiger partial charge in [0.05, 0.1) is 6.42 Å². The second-order valence-electron chi connectivity index (χ2n) is 4.90. The molecule has 1 aromatic rings. The maximum atomic E-state index is 13.5. The van der Waals surface area contributed by atoms with Crippen molar-refractivity contribution in [1.82, 2.24) is 4.90 Å². The summed E-state index contributed by atoms with van der Waals surface area (Å²) in [5.41, 5.74) is 0.302. The van der Waals surface area contributed by atoms with Crippen molar-refractivity contribution in [2.24, 2.45) is 5.92 Å². The number of carboxylic acid groups (broad SMARTS) is 1. The van der Waals surface area contributed by atoms with Crippen LogP contribution in [0.25, 0.3) is 0 Å². The molecule has 1 aliphatic heterocycles. The maximum absolute atomic E-state index is 13.5. The number of rotatable bonds is 3. The monoisotopic (exact) mass is 265 g/mol. The van der Waals surface area contributed by atoms with E-state index in [4.69, 9.17) is 5.11 Å². The van der Waals surface area contributed by atoms with Crippen LogP contribution in [-0.4, -0.2) is 34.5 Å². The van der Waals surface area contributed by atoms with Crippen molar-refractivity contribution in [2.75, 3.05) is 6.54 Å². The van der Waals surface area contributed by atoms with Gasteiger partial charge in [-0.3, -0.25) is 4.79 Å². The molecule has 0 aliphatic carbocycles. The van der Waals surface area contributed by atoms with Crippen LogP contribution >= 0.6 is 0 Å². The summed E-state index contributed by atoms with van der Waals surface area (Å²) in [4.78, 5) is 24.6. The van der Waals surface area contributed by atoms with E-state index in [0.717, 1.165) is 0 Å². The van der Waals surface area contributed by atoms with Gasteiger partial charge < -0.3 is 10.0 Å². The van der Waals surface area contributed by atoms with Crippen LogP contribution < -0.4 is 0 Å². The van der Waals surface area contributed by atoms with Gasteiger partial charge in [0.1, 0.15) is 11.9 Å². The van der Waals surface area contributed by atoms with Crippen LogP contribution in [0.3, 0.4) is 0 Å². The van der Waals surface area contributed by atoms with Crippen molar-refractivity contribution < 1.29 is 19.1 Å². The Labute approximate surface area is 110 Å². The Morgan fingerprint density at radius 3 is 2.74 bits per heavy atom. The van der Waals surface area contributed by atoms with Crippen molar-refractivity contribution in [3.8, 4) is 0 Å². The van der Waals surface area contributed by atoms with Crippen LogP contribution in [0, 0.1) is 11.7 Å². The van der Waals surface area contributed by atoms with Crippen LogP contribution in [0.4, 0.5) is 4.39 Å². The molecule has 0 bridgehead atoms. The SMILES string of the molecule is CC1CCN(C(=O)Cc2ccccc2F)C1C(=O)O. The fourth-order valence-corrected chi connectivity index (χ4v) is 2.51. The van der Waals surface area contributed by atoms with E-state index in [1.54, 1.807) is 18.2 Å². The van der Waals surface area contributed by atoms with Gasteiger partial charge in [-0.05, 0) is 24.0 Å². The summed E-state index contributed by atoms with van der Waals surface area (Å²) in [7, 11) is 0. The summed E-state index contributed by atoms with van der Waals surface area (Å²) in [6, 6.07) is 5.26. The Morgan fingerprint density at radius 1 is 1.42 bits per heavy atom. The number of carbonyl (C=O) groups is 2. The molecular formula is C14H16FNO3. The molecule has 1 aliphatic rings. The standard InChI is InChI=1S/C14H16FNO3/c1-9-6-7-16(13(9)14(18)19)12(17)8-10-4-2-3-5-11(10)15/h2-5,9,13H,6-8H2,1H3,(H,18,19). The largest absolute Gasteiger partial charge is 0.480 e. The fraction of sp³-hybridized carbons (Fsp3) is 0.429. The quantitative estimate of drug-likeness (QED) is 0.904. The van der Waals surface area contributed by atoms with Crippen molar-refractivity contribution in [3.63, 3.8) is 0 Å². The normalized spacial score (nSPS) is 22.5. The number of carbonyl (C=O) groups excluding carboxylic acids is 1. The minimum absolute atomic E-state index is 0.0675. The summed E-state index contributed by atoms with van der Waals surface area (Å²) >= 11 is 0. The van der Waals surface area contributed by atoms with E-state index in [0.29, 0.717) is 18.5 Å². The van der Waals surface area contributed by atoms with Crippen molar-refractivity contribution in [3.05, 3.63) is 35.6 Å². The Morgan fingerprint density at radius 2 is 2.11 bits per heavy atom. The topological polar surface area (TPSA) is 57.6 Å². The first kappa shape index (κ1) is 13.5. The number of likely N-dealkylation sites (tertiary alicyclic amines) is 1. The van der Waals surface area contributed by atoms with E-state index in [1.165, 1.54) is 11.0 Å². The van der Waals surface area contributed by atoms with Gasteiger partial charge in [-0.2, -0.15) is 0 Å². The smallest absolute Gasteiger partial charge is 0.326 e. The molecule has 19 heavy (non-hydrogen) atoms. The highest BCUT2D eigenvalue weighted by molar-refractivity contribution is 5.85. The van der Waals surface area contributed by atoms with Crippen LogP contribution in [0.5, 0.6) is 0 Å². The van der Waals surface area contributed by atoms with Crippen LogP contribution in [0.1, 0.15) is 18.9 Å². The van der Waals surface area contributed by atoms with Crippen LogP contribution in [0.2, 0.25) is 0 Å². The minimum Gasteiger partial charge on any atom is -0.480 e. The maximum Gasteiger partial charge on any atom is 0.326 e. The molecule has 1 N–H and O–H groups in total. The summed E-state index contributed by atoms with van der Waals surface area (Å²) in [6.07, 6.45) is 0.573. The summed E-state index contributed by atoms with van der Waals surface area (Å²) in [6.45, 7) is 2.24. The van der Waals surface area contributed by atoms with E-state index < -0.39 is 17.8 Å². The molecule has 102 valence electrons. The average Bonchev–Trinajstić information content (AvgIpc) is 2.74. The number of carboxylic acids is 1. The zero-order valence-corrected chi connectivity index (χ0v) is 10.7. The highest BCUT2D eigenvalue weighted by Crippen LogP contribution is 2.25. The predicted molar refractivity (Wildman–Crippen MR) is 67.0 cm³/mol. The Bertz CT molecular complexity index is 503. The number of amides is 1. The predicted octanol–water partition coefficient (Wildman–Crippen LogP) is 1.69. The molecule has 1 fully saturated rings. The number of hydrogen-bond donors (Lipinski definition) is 1. The van der Waals surface area contributed by atoms with E-state index in [9.17, 15) is 14.0 Å². The summed E-state index contributed by atoms with van der Waals surface area (Å²) < 4.78 is 13.5. The lowest BCUT2D eigenvalue weighted by Crippen LogP contribution is -2.43. The van der Waals surface area contributed by atoms with Gasteiger partial charge in [0.2, 0.25) is 5.91 Å². The van der Waals surface area contributed by atoms with Gasteiger partial charge >= 0.3 is 5.97 Å². The molecule has 0 aromatic heterocycles. The number of hydrogen-bond acceptors (Lipinski definition) is 2. The first-order chi connectivity index (χ1) is 9.00. The molecule has 5 heteroatoms. The molecule has 2 unspecified atom stereocenters.